The topological polar surface area (TPSA) is 12.5 Å². The molecule has 0 bridgehead atoms. The zero-order valence-corrected chi connectivity index (χ0v) is 20.8. The molecule has 0 N–H and O–H groups in total. The van der Waals surface area contributed by atoms with Crippen molar-refractivity contribution in [3.05, 3.63) is 108 Å². The highest BCUT2D eigenvalue weighted by atomic mass is 31.1. The van der Waals surface area contributed by atoms with E-state index in [2.05, 4.69) is 102 Å². The van der Waals surface area contributed by atoms with Gasteiger partial charge in [0.1, 0.15) is 12.4 Å². The number of para-hydroxylation sites is 2. The molecule has 2 nitrogen and oxygen atoms in total. The van der Waals surface area contributed by atoms with Gasteiger partial charge in [0, 0.05) is 29.4 Å². The maximum atomic E-state index is 6.60. The third kappa shape index (κ3) is 5.80. The van der Waals surface area contributed by atoms with Crippen molar-refractivity contribution in [1.29, 1.82) is 0 Å². The molecule has 1 aliphatic carbocycles. The number of rotatable bonds is 8. The minimum Gasteiger partial charge on any atom is -0.488 e. The molecule has 0 spiro atoms. The van der Waals surface area contributed by atoms with E-state index in [1.807, 2.05) is 0 Å². The van der Waals surface area contributed by atoms with Crippen LogP contribution in [0.15, 0.2) is 97.1 Å². The van der Waals surface area contributed by atoms with Crippen molar-refractivity contribution >= 4 is 24.9 Å². The first-order valence-electron chi connectivity index (χ1n) is 12.6. The van der Waals surface area contributed by atoms with Crippen molar-refractivity contribution in [2.24, 2.45) is 5.92 Å². The smallest absolute Gasteiger partial charge is 0.130 e. The van der Waals surface area contributed by atoms with Gasteiger partial charge in [-0.2, -0.15) is 0 Å². The van der Waals surface area contributed by atoms with Crippen LogP contribution in [0.3, 0.4) is 0 Å². The van der Waals surface area contributed by atoms with E-state index in [1.54, 1.807) is 0 Å². The molecule has 2 aliphatic rings. The SMILES string of the molecule is C1=CCC(Cc2cccc(Pc3ccccc3N3CCCCC3)c2OCc2ccccc2)C=C1. The number of hydrogen-bond acceptors (Lipinski definition) is 2. The highest BCUT2D eigenvalue weighted by Crippen LogP contribution is 2.31. The fourth-order valence-electron chi connectivity index (χ4n) is 4.94. The zero-order valence-electron chi connectivity index (χ0n) is 19.8. The molecule has 0 amide bonds. The van der Waals surface area contributed by atoms with Crippen LogP contribution in [0, 0.1) is 5.92 Å². The van der Waals surface area contributed by atoms with Crippen LogP contribution in [0.25, 0.3) is 0 Å². The Morgan fingerprint density at radius 2 is 1.59 bits per heavy atom. The Morgan fingerprint density at radius 3 is 2.41 bits per heavy atom. The molecule has 0 radical (unpaired) electrons. The Hall–Kier alpha value is -2.83. The average molecular weight is 468 g/mol. The van der Waals surface area contributed by atoms with Crippen LogP contribution in [-0.4, -0.2) is 13.1 Å². The lowest BCUT2D eigenvalue weighted by Crippen LogP contribution is -2.32. The van der Waals surface area contributed by atoms with Crippen LogP contribution in [0.2, 0.25) is 0 Å². The quantitative estimate of drug-likeness (QED) is 0.348. The monoisotopic (exact) mass is 467 g/mol. The normalized spacial score (nSPS) is 18.0. The summed E-state index contributed by atoms with van der Waals surface area (Å²) in [5.74, 6) is 1.62. The van der Waals surface area contributed by atoms with Crippen LogP contribution in [0.4, 0.5) is 5.69 Å². The van der Waals surface area contributed by atoms with Crippen LogP contribution >= 0.6 is 8.58 Å². The molecule has 1 saturated heterocycles. The largest absolute Gasteiger partial charge is 0.488 e. The van der Waals surface area contributed by atoms with E-state index in [9.17, 15) is 0 Å². The second kappa shape index (κ2) is 11.5. The molecule has 0 aromatic heterocycles. The Morgan fingerprint density at radius 1 is 0.794 bits per heavy atom. The Balaban J connectivity index is 1.44. The molecule has 1 aliphatic heterocycles. The Kier molecular flexibility index (Phi) is 7.78. The van der Waals surface area contributed by atoms with Crippen molar-refractivity contribution in [1.82, 2.24) is 0 Å². The van der Waals surface area contributed by atoms with E-state index >= 15 is 0 Å². The summed E-state index contributed by atoms with van der Waals surface area (Å²) in [6.45, 7) is 2.93. The van der Waals surface area contributed by atoms with E-state index in [-0.39, 0.29) is 0 Å². The maximum Gasteiger partial charge on any atom is 0.130 e. The van der Waals surface area contributed by atoms with Crippen LogP contribution in [0.1, 0.15) is 36.8 Å². The third-order valence-electron chi connectivity index (χ3n) is 6.74. The molecule has 174 valence electrons. The van der Waals surface area contributed by atoms with Crippen LogP contribution in [0.5, 0.6) is 5.75 Å². The Labute approximate surface area is 206 Å². The molecule has 2 unspecified atom stereocenters. The number of piperidine rings is 1. The summed E-state index contributed by atoms with van der Waals surface area (Å²) in [6.07, 6.45) is 15.0. The van der Waals surface area contributed by atoms with Crippen molar-refractivity contribution in [2.45, 2.75) is 38.7 Å². The van der Waals surface area contributed by atoms with Gasteiger partial charge < -0.3 is 9.64 Å². The second-order valence-electron chi connectivity index (χ2n) is 9.27. The van der Waals surface area contributed by atoms with Gasteiger partial charge in [-0.15, -0.1) is 0 Å². The lowest BCUT2D eigenvalue weighted by molar-refractivity contribution is 0.304. The summed E-state index contributed by atoms with van der Waals surface area (Å²) in [7, 11) is 0.576. The van der Waals surface area contributed by atoms with E-state index < -0.39 is 0 Å². The van der Waals surface area contributed by atoms with Gasteiger partial charge in [0.2, 0.25) is 0 Å². The minimum atomic E-state index is 0.531. The van der Waals surface area contributed by atoms with Gasteiger partial charge in [-0.3, -0.25) is 0 Å². The number of benzene rings is 3. The lowest BCUT2D eigenvalue weighted by Gasteiger charge is -2.30. The minimum absolute atomic E-state index is 0.531. The van der Waals surface area contributed by atoms with E-state index in [0.717, 1.165) is 18.6 Å². The summed E-state index contributed by atoms with van der Waals surface area (Å²) in [4.78, 5) is 2.58. The maximum absolute atomic E-state index is 6.60. The van der Waals surface area contributed by atoms with E-state index in [1.165, 1.54) is 59.8 Å². The van der Waals surface area contributed by atoms with Gasteiger partial charge >= 0.3 is 0 Å². The molecular formula is C31H34NOP. The molecule has 1 fully saturated rings. The van der Waals surface area contributed by atoms with Crippen molar-refractivity contribution in [3.63, 3.8) is 0 Å². The highest BCUT2D eigenvalue weighted by Gasteiger charge is 2.18. The fourth-order valence-corrected chi connectivity index (χ4v) is 6.31. The summed E-state index contributed by atoms with van der Waals surface area (Å²) in [5, 5.41) is 2.74. The molecule has 0 saturated carbocycles. The van der Waals surface area contributed by atoms with Gasteiger partial charge in [-0.1, -0.05) is 99.6 Å². The third-order valence-corrected chi connectivity index (χ3v) is 8.10. The van der Waals surface area contributed by atoms with Gasteiger partial charge in [0.15, 0.2) is 0 Å². The van der Waals surface area contributed by atoms with Crippen molar-refractivity contribution in [2.75, 3.05) is 18.0 Å². The number of anilines is 1. The Bertz CT molecular complexity index is 1130. The molecular weight excluding hydrogens is 433 g/mol. The first kappa shape index (κ1) is 22.9. The number of ether oxygens (including phenoxy) is 1. The molecule has 34 heavy (non-hydrogen) atoms. The van der Waals surface area contributed by atoms with Gasteiger partial charge in [-0.25, -0.2) is 0 Å². The first-order valence-corrected chi connectivity index (χ1v) is 13.6. The predicted octanol–water partition coefficient (Wildman–Crippen LogP) is 6.56. The molecule has 5 rings (SSSR count). The van der Waals surface area contributed by atoms with E-state index in [0.29, 0.717) is 21.1 Å². The zero-order chi connectivity index (χ0) is 23.0. The molecule has 3 aromatic rings. The highest BCUT2D eigenvalue weighted by molar-refractivity contribution is 7.56. The van der Waals surface area contributed by atoms with Gasteiger partial charge in [0.25, 0.3) is 0 Å². The molecule has 3 heteroatoms. The van der Waals surface area contributed by atoms with Crippen LogP contribution in [-0.2, 0) is 13.0 Å². The second-order valence-corrected chi connectivity index (χ2v) is 10.6. The molecule has 2 atom stereocenters. The van der Waals surface area contributed by atoms with Gasteiger partial charge in [0.05, 0.1) is 0 Å². The van der Waals surface area contributed by atoms with Crippen LogP contribution < -0.4 is 20.2 Å². The molecule has 3 aromatic carbocycles. The van der Waals surface area contributed by atoms with Crippen molar-refractivity contribution < 1.29 is 4.74 Å². The fraction of sp³-hybridized carbons (Fsp3) is 0.290. The summed E-state index contributed by atoms with van der Waals surface area (Å²) < 4.78 is 6.60. The number of allylic oxidation sites excluding steroid dienone is 4. The number of nitrogens with zero attached hydrogens (tertiary/aromatic N) is 1. The summed E-state index contributed by atoms with van der Waals surface area (Å²) >= 11 is 0. The predicted molar refractivity (Wildman–Crippen MR) is 147 cm³/mol. The van der Waals surface area contributed by atoms with E-state index in [4.69, 9.17) is 4.74 Å². The van der Waals surface area contributed by atoms with Crippen molar-refractivity contribution in [3.8, 4) is 5.75 Å². The summed E-state index contributed by atoms with van der Waals surface area (Å²) in [6, 6.07) is 26.3. The lowest BCUT2D eigenvalue weighted by atomic mass is 9.93. The first-order chi connectivity index (χ1) is 16.9. The average Bonchev–Trinajstić information content (AvgIpc) is 2.90. The molecule has 1 heterocycles. The van der Waals surface area contributed by atoms with Gasteiger partial charge in [-0.05, 0) is 55.2 Å². The standard InChI is InChI=1S/C31H34NOP/c1-4-13-25(14-5-1)23-27-17-12-20-30(31(27)33-24-26-15-6-2-7-16-26)34-29-19-9-8-18-28(29)32-21-10-3-11-22-32/h1-2,4-9,12-13,15-20,25,34H,3,10-11,14,21-24H2. The number of hydrogen-bond donors (Lipinski definition) is 0. The summed E-state index contributed by atoms with van der Waals surface area (Å²) in [5.41, 5.74) is 3.93.